The van der Waals surface area contributed by atoms with Gasteiger partial charge in [-0.3, -0.25) is 0 Å². The van der Waals surface area contributed by atoms with Gasteiger partial charge < -0.3 is 5.11 Å². The van der Waals surface area contributed by atoms with E-state index in [1.807, 2.05) is 23.6 Å². The van der Waals surface area contributed by atoms with E-state index in [1.54, 1.807) is 12.1 Å². The van der Waals surface area contributed by atoms with Crippen LogP contribution in [0.15, 0.2) is 40.6 Å². The minimum atomic E-state index is -0.982. The number of hydrogen-bond donors (Lipinski definition) is 2. The maximum Gasteiger partial charge on any atom is 0.337 e. The molecular formula is C13H8N2O2S2. The molecule has 94 valence electrons. The quantitative estimate of drug-likeness (QED) is 0.710. The lowest BCUT2D eigenvalue weighted by Gasteiger charge is -2.09. The Morgan fingerprint density at radius 1 is 1.26 bits per heavy atom. The molecule has 2 aromatic carbocycles. The Balaban J connectivity index is 2.44. The Morgan fingerprint density at radius 2 is 2.00 bits per heavy atom. The number of carboxylic acid groups (broad SMARTS) is 1. The molecule has 0 unspecified atom stereocenters. The number of hydrogen-bond acceptors (Lipinski definition) is 5. The molecule has 3 rings (SSSR count). The second kappa shape index (κ2) is 4.64. The second-order valence-corrected chi connectivity index (χ2v) is 5.05. The van der Waals surface area contributed by atoms with Crippen LogP contribution in [-0.4, -0.2) is 20.7 Å². The van der Waals surface area contributed by atoms with Crippen LogP contribution in [0.4, 0.5) is 0 Å². The summed E-state index contributed by atoms with van der Waals surface area (Å²) in [5, 5.41) is 16.7. The van der Waals surface area contributed by atoms with E-state index in [9.17, 15) is 9.90 Å². The monoisotopic (exact) mass is 288 g/mol. The first kappa shape index (κ1) is 12.1. The highest BCUT2D eigenvalue weighted by Crippen LogP contribution is 2.34. The molecule has 1 aromatic heterocycles. The van der Waals surface area contributed by atoms with Gasteiger partial charge in [-0.15, -0.1) is 17.7 Å². The lowest BCUT2D eigenvalue weighted by atomic mass is 9.98. The molecule has 19 heavy (non-hydrogen) atoms. The molecule has 0 bridgehead atoms. The summed E-state index contributed by atoms with van der Waals surface area (Å²) in [4.78, 5) is 11.8. The van der Waals surface area contributed by atoms with Gasteiger partial charge in [0.2, 0.25) is 0 Å². The number of rotatable bonds is 2. The van der Waals surface area contributed by atoms with E-state index in [-0.39, 0.29) is 5.56 Å². The molecule has 0 aliphatic carbocycles. The molecule has 1 N–H and O–H groups in total. The molecule has 0 aliphatic rings. The summed E-state index contributed by atoms with van der Waals surface area (Å²) in [7, 11) is 0. The summed E-state index contributed by atoms with van der Waals surface area (Å²) in [6.45, 7) is 0. The average molecular weight is 288 g/mol. The van der Waals surface area contributed by atoms with Crippen molar-refractivity contribution in [1.82, 2.24) is 9.59 Å². The van der Waals surface area contributed by atoms with Gasteiger partial charge in [0.1, 0.15) is 5.69 Å². The molecule has 0 fully saturated rings. The summed E-state index contributed by atoms with van der Waals surface area (Å²) in [6.07, 6.45) is 0. The number of fused-ring (bicyclic) bond motifs is 1. The molecule has 3 aromatic rings. The Labute approximate surface area is 118 Å². The van der Waals surface area contributed by atoms with Crippen LogP contribution in [0.25, 0.3) is 22.0 Å². The molecule has 0 spiro atoms. The third-order valence-electron chi connectivity index (χ3n) is 2.87. The van der Waals surface area contributed by atoms with E-state index in [1.165, 1.54) is 11.5 Å². The highest BCUT2D eigenvalue weighted by Gasteiger charge is 2.17. The SMILES string of the molecule is O=C(O)c1c(S)cc(-c2csnn2)c2ccccc12. The number of aromatic carboxylic acids is 1. The maximum absolute atomic E-state index is 11.4. The topological polar surface area (TPSA) is 63.1 Å². The molecule has 6 heteroatoms. The van der Waals surface area contributed by atoms with Gasteiger partial charge in [0.05, 0.1) is 5.56 Å². The Morgan fingerprint density at radius 3 is 2.63 bits per heavy atom. The highest BCUT2D eigenvalue weighted by molar-refractivity contribution is 7.80. The fourth-order valence-electron chi connectivity index (χ4n) is 2.08. The lowest BCUT2D eigenvalue weighted by molar-refractivity contribution is 0.0695. The highest BCUT2D eigenvalue weighted by atomic mass is 32.1. The summed E-state index contributed by atoms with van der Waals surface area (Å²) < 4.78 is 3.84. The van der Waals surface area contributed by atoms with Gasteiger partial charge in [0.15, 0.2) is 0 Å². The van der Waals surface area contributed by atoms with E-state index < -0.39 is 5.97 Å². The van der Waals surface area contributed by atoms with Crippen molar-refractivity contribution < 1.29 is 9.90 Å². The zero-order valence-corrected chi connectivity index (χ0v) is 11.3. The van der Waals surface area contributed by atoms with Crippen LogP contribution < -0.4 is 0 Å². The third kappa shape index (κ3) is 1.98. The van der Waals surface area contributed by atoms with Crippen LogP contribution in [0.5, 0.6) is 0 Å². The standard InChI is InChI=1S/C13H8N2O2S2/c16-13(17)12-8-4-2-1-3-7(8)9(5-11(12)18)10-6-19-15-14-10/h1-6,18H,(H,16,17). The van der Waals surface area contributed by atoms with Gasteiger partial charge in [-0.1, -0.05) is 28.8 Å². The van der Waals surface area contributed by atoms with Crippen LogP contribution in [0, 0.1) is 0 Å². The zero-order valence-electron chi connectivity index (χ0n) is 9.57. The van der Waals surface area contributed by atoms with E-state index in [0.29, 0.717) is 10.3 Å². The fraction of sp³-hybridized carbons (Fsp3) is 0. The van der Waals surface area contributed by atoms with Crippen molar-refractivity contribution in [1.29, 1.82) is 0 Å². The number of benzene rings is 2. The number of carbonyl (C=O) groups is 1. The minimum absolute atomic E-state index is 0.214. The molecule has 1 heterocycles. The largest absolute Gasteiger partial charge is 0.478 e. The molecule has 0 aliphatic heterocycles. The smallest absolute Gasteiger partial charge is 0.337 e. The first-order valence-corrected chi connectivity index (χ1v) is 6.72. The molecule has 0 saturated heterocycles. The van der Waals surface area contributed by atoms with E-state index >= 15 is 0 Å². The van der Waals surface area contributed by atoms with Crippen molar-refractivity contribution in [3.8, 4) is 11.3 Å². The van der Waals surface area contributed by atoms with Crippen LogP contribution in [0.1, 0.15) is 10.4 Å². The maximum atomic E-state index is 11.4. The van der Waals surface area contributed by atoms with Gasteiger partial charge in [0, 0.05) is 15.8 Å². The summed E-state index contributed by atoms with van der Waals surface area (Å²) in [5.41, 5.74) is 1.79. The third-order valence-corrected chi connectivity index (χ3v) is 3.73. The van der Waals surface area contributed by atoms with E-state index in [2.05, 4.69) is 22.2 Å². The number of aromatic nitrogens is 2. The molecule has 0 radical (unpaired) electrons. The summed E-state index contributed by atoms with van der Waals surface area (Å²) in [5.74, 6) is -0.982. The normalized spacial score (nSPS) is 10.8. The van der Waals surface area contributed by atoms with Crippen molar-refractivity contribution in [2.45, 2.75) is 4.90 Å². The lowest BCUT2D eigenvalue weighted by Crippen LogP contribution is -2.00. The van der Waals surface area contributed by atoms with Gasteiger partial charge >= 0.3 is 5.97 Å². The number of thiol groups is 1. The Bertz CT molecular complexity index is 770. The summed E-state index contributed by atoms with van der Waals surface area (Å²) >= 11 is 5.55. The number of carboxylic acids is 1. The predicted octanol–water partition coefficient (Wildman–Crippen LogP) is 3.35. The van der Waals surface area contributed by atoms with Crippen LogP contribution in [0.2, 0.25) is 0 Å². The molecule has 0 amide bonds. The molecular weight excluding hydrogens is 280 g/mol. The van der Waals surface area contributed by atoms with Crippen LogP contribution in [0.3, 0.4) is 0 Å². The molecule has 0 saturated carbocycles. The predicted molar refractivity (Wildman–Crippen MR) is 77.1 cm³/mol. The first-order valence-electron chi connectivity index (χ1n) is 5.44. The summed E-state index contributed by atoms with van der Waals surface area (Å²) in [6, 6.07) is 9.07. The van der Waals surface area contributed by atoms with Crippen LogP contribution in [-0.2, 0) is 0 Å². The van der Waals surface area contributed by atoms with Crippen molar-refractivity contribution in [3.63, 3.8) is 0 Å². The Kier molecular flexibility index (Phi) is 2.96. The van der Waals surface area contributed by atoms with Crippen molar-refractivity contribution in [2.75, 3.05) is 0 Å². The zero-order chi connectivity index (χ0) is 13.4. The van der Waals surface area contributed by atoms with Gasteiger partial charge in [-0.2, -0.15) is 0 Å². The molecule has 4 nitrogen and oxygen atoms in total. The average Bonchev–Trinajstić information content (AvgIpc) is 2.90. The second-order valence-electron chi connectivity index (χ2n) is 3.96. The minimum Gasteiger partial charge on any atom is -0.478 e. The number of nitrogens with zero attached hydrogens (tertiary/aromatic N) is 2. The van der Waals surface area contributed by atoms with Gasteiger partial charge in [-0.25, -0.2) is 4.79 Å². The van der Waals surface area contributed by atoms with Crippen molar-refractivity contribution in [3.05, 3.63) is 41.3 Å². The van der Waals surface area contributed by atoms with E-state index in [0.717, 1.165) is 16.6 Å². The first-order chi connectivity index (χ1) is 9.18. The van der Waals surface area contributed by atoms with Gasteiger partial charge in [-0.05, 0) is 28.4 Å². The van der Waals surface area contributed by atoms with Crippen molar-refractivity contribution >= 4 is 40.9 Å². The van der Waals surface area contributed by atoms with Crippen LogP contribution >= 0.6 is 24.2 Å². The van der Waals surface area contributed by atoms with Gasteiger partial charge in [0.25, 0.3) is 0 Å². The fourth-order valence-corrected chi connectivity index (χ4v) is 2.88. The van der Waals surface area contributed by atoms with Crippen molar-refractivity contribution in [2.24, 2.45) is 0 Å². The van der Waals surface area contributed by atoms with E-state index in [4.69, 9.17) is 0 Å². The Hall–Kier alpha value is -1.92. The molecule has 0 atom stereocenters.